The Hall–Kier alpha value is -0.610. The smallest absolute Gasteiger partial charge is 0.223 e. The van der Waals surface area contributed by atoms with Crippen molar-refractivity contribution in [1.29, 1.82) is 0 Å². The molecule has 1 fully saturated rings. The molecular formula is C12H24N2O2. The Morgan fingerprint density at radius 1 is 1.56 bits per heavy atom. The van der Waals surface area contributed by atoms with Crippen LogP contribution in [-0.2, 0) is 9.53 Å². The number of likely N-dealkylation sites (tertiary alicyclic amines) is 1. The fraction of sp³-hybridized carbons (Fsp3) is 0.917. The van der Waals surface area contributed by atoms with Crippen molar-refractivity contribution < 1.29 is 9.53 Å². The zero-order valence-electron chi connectivity index (χ0n) is 10.4. The van der Waals surface area contributed by atoms with E-state index in [4.69, 9.17) is 10.5 Å². The molecule has 1 amide bonds. The van der Waals surface area contributed by atoms with Crippen molar-refractivity contribution in [3.05, 3.63) is 0 Å². The molecule has 1 unspecified atom stereocenters. The topological polar surface area (TPSA) is 55.6 Å². The number of carbonyl (C=O) groups excluding carboxylic acids is 1. The summed E-state index contributed by atoms with van der Waals surface area (Å²) >= 11 is 0. The van der Waals surface area contributed by atoms with Crippen molar-refractivity contribution in [2.45, 2.75) is 39.2 Å². The number of ether oxygens (including phenoxy) is 1. The summed E-state index contributed by atoms with van der Waals surface area (Å²) in [5.41, 5.74) is 5.37. The van der Waals surface area contributed by atoms with Crippen LogP contribution in [-0.4, -0.2) is 43.2 Å². The first-order chi connectivity index (χ1) is 7.63. The molecular weight excluding hydrogens is 204 g/mol. The summed E-state index contributed by atoms with van der Waals surface area (Å²) < 4.78 is 5.75. The molecule has 0 spiro atoms. The van der Waals surface area contributed by atoms with Crippen LogP contribution in [0.25, 0.3) is 0 Å². The van der Waals surface area contributed by atoms with Crippen molar-refractivity contribution in [3.8, 4) is 0 Å². The quantitative estimate of drug-likeness (QED) is 0.738. The van der Waals surface area contributed by atoms with Crippen LogP contribution in [0, 0.1) is 5.92 Å². The first-order valence-electron chi connectivity index (χ1n) is 6.23. The third kappa shape index (κ3) is 4.49. The minimum atomic E-state index is 0.164. The average molecular weight is 228 g/mol. The maximum absolute atomic E-state index is 11.6. The van der Waals surface area contributed by atoms with E-state index in [1.807, 2.05) is 4.90 Å². The second-order valence-corrected chi connectivity index (χ2v) is 4.84. The van der Waals surface area contributed by atoms with Crippen LogP contribution < -0.4 is 5.73 Å². The van der Waals surface area contributed by atoms with Gasteiger partial charge in [-0.25, -0.2) is 0 Å². The first-order valence-corrected chi connectivity index (χ1v) is 6.23. The Morgan fingerprint density at radius 2 is 2.31 bits per heavy atom. The molecule has 1 rings (SSSR count). The van der Waals surface area contributed by atoms with Gasteiger partial charge in [-0.3, -0.25) is 4.79 Å². The van der Waals surface area contributed by atoms with E-state index in [0.717, 1.165) is 32.5 Å². The Balaban J connectivity index is 2.17. The molecule has 0 bridgehead atoms. The second-order valence-electron chi connectivity index (χ2n) is 4.84. The van der Waals surface area contributed by atoms with Gasteiger partial charge in [0.1, 0.15) is 0 Å². The molecule has 0 aromatic heterocycles. The van der Waals surface area contributed by atoms with E-state index < -0.39 is 0 Å². The molecule has 0 saturated carbocycles. The zero-order valence-corrected chi connectivity index (χ0v) is 10.4. The molecule has 1 aliphatic heterocycles. The highest BCUT2D eigenvalue weighted by molar-refractivity contribution is 5.76. The van der Waals surface area contributed by atoms with Crippen molar-refractivity contribution in [1.82, 2.24) is 4.90 Å². The summed E-state index contributed by atoms with van der Waals surface area (Å²) in [7, 11) is 0. The van der Waals surface area contributed by atoms with Crippen molar-refractivity contribution >= 4 is 5.91 Å². The van der Waals surface area contributed by atoms with Gasteiger partial charge in [-0.2, -0.15) is 0 Å². The molecule has 2 N–H and O–H groups in total. The van der Waals surface area contributed by atoms with Gasteiger partial charge in [0.25, 0.3) is 0 Å². The van der Waals surface area contributed by atoms with Gasteiger partial charge in [0, 0.05) is 32.7 Å². The fourth-order valence-corrected chi connectivity index (χ4v) is 1.84. The number of amides is 1. The predicted octanol–water partition coefficient (Wildman–Crippen LogP) is 0.999. The van der Waals surface area contributed by atoms with E-state index in [9.17, 15) is 4.79 Å². The summed E-state index contributed by atoms with van der Waals surface area (Å²) in [5.74, 6) is 0.842. The number of rotatable bonds is 6. The lowest BCUT2D eigenvalue weighted by Crippen LogP contribution is -2.31. The lowest BCUT2D eigenvalue weighted by Gasteiger charge is -2.16. The average Bonchev–Trinajstić information content (AvgIpc) is 2.66. The van der Waals surface area contributed by atoms with Gasteiger partial charge in [0.2, 0.25) is 5.91 Å². The molecule has 4 nitrogen and oxygen atoms in total. The summed E-state index contributed by atoms with van der Waals surface area (Å²) in [5, 5.41) is 0. The molecule has 1 atom stereocenters. The van der Waals surface area contributed by atoms with Crippen LogP contribution in [0.5, 0.6) is 0 Å². The lowest BCUT2D eigenvalue weighted by molar-refractivity contribution is -0.130. The number of nitrogens with two attached hydrogens (primary N) is 1. The molecule has 0 aromatic rings. The molecule has 1 aliphatic rings. The van der Waals surface area contributed by atoms with Gasteiger partial charge < -0.3 is 15.4 Å². The summed E-state index contributed by atoms with van der Waals surface area (Å²) in [6.45, 7) is 7.20. The third-order valence-corrected chi connectivity index (χ3v) is 2.90. The first kappa shape index (κ1) is 13.5. The van der Waals surface area contributed by atoms with Crippen LogP contribution >= 0.6 is 0 Å². The summed E-state index contributed by atoms with van der Waals surface area (Å²) in [6, 6.07) is 0. The summed E-state index contributed by atoms with van der Waals surface area (Å²) in [6.07, 6.45) is 2.75. The van der Waals surface area contributed by atoms with Gasteiger partial charge in [-0.15, -0.1) is 0 Å². The van der Waals surface area contributed by atoms with Gasteiger partial charge >= 0.3 is 0 Å². The maximum atomic E-state index is 11.6. The second kappa shape index (κ2) is 6.86. The number of carbonyl (C=O) groups is 1. The predicted molar refractivity (Wildman–Crippen MR) is 64.1 cm³/mol. The molecule has 4 heteroatoms. The van der Waals surface area contributed by atoms with Crippen LogP contribution in [0.3, 0.4) is 0 Å². The highest BCUT2D eigenvalue weighted by atomic mass is 16.5. The highest BCUT2D eigenvalue weighted by Gasteiger charge is 2.25. The van der Waals surface area contributed by atoms with Gasteiger partial charge in [0.05, 0.1) is 6.10 Å². The number of hydrogen-bond donors (Lipinski definition) is 1. The fourth-order valence-electron chi connectivity index (χ4n) is 1.84. The molecule has 1 heterocycles. The number of hydrogen-bond acceptors (Lipinski definition) is 3. The minimum absolute atomic E-state index is 0.164. The van der Waals surface area contributed by atoms with E-state index in [0.29, 0.717) is 18.9 Å². The Bertz CT molecular complexity index is 219. The Kier molecular flexibility index (Phi) is 5.77. The molecule has 16 heavy (non-hydrogen) atoms. The van der Waals surface area contributed by atoms with Crippen molar-refractivity contribution in [2.24, 2.45) is 11.7 Å². The Labute approximate surface area is 98.1 Å². The lowest BCUT2D eigenvalue weighted by atomic mass is 10.1. The third-order valence-electron chi connectivity index (χ3n) is 2.90. The van der Waals surface area contributed by atoms with Crippen molar-refractivity contribution in [2.75, 3.05) is 26.2 Å². The van der Waals surface area contributed by atoms with E-state index >= 15 is 0 Å². The number of nitrogens with zero attached hydrogens (tertiary/aromatic N) is 1. The SMILES string of the molecule is CC(C)CCOC1CCN(C(=O)CCN)C1. The van der Waals surface area contributed by atoms with Gasteiger partial charge in [-0.1, -0.05) is 13.8 Å². The van der Waals surface area contributed by atoms with Gasteiger partial charge in [0.15, 0.2) is 0 Å². The normalized spacial score (nSPS) is 20.8. The molecule has 1 saturated heterocycles. The monoisotopic (exact) mass is 228 g/mol. The van der Waals surface area contributed by atoms with Crippen LogP contribution in [0.15, 0.2) is 0 Å². The van der Waals surface area contributed by atoms with E-state index in [1.165, 1.54) is 0 Å². The highest BCUT2D eigenvalue weighted by Crippen LogP contribution is 2.14. The van der Waals surface area contributed by atoms with Crippen LogP contribution in [0.1, 0.15) is 33.1 Å². The summed E-state index contributed by atoms with van der Waals surface area (Å²) in [4.78, 5) is 13.4. The minimum Gasteiger partial charge on any atom is -0.376 e. The van der Waals surface area contributed by atoms with Crippen LogP contribution in [0.2, 0.25) is 0 Å². The molecule has 0 radical (unpaired) electrons. The zero-order chi connectivity index (χ0) is 12.0. The molecule has 0 aromatic carbocycles. The van der Waals surface area contributed by atoms with E-state index in [-0.39, 0.29) is 12.0 Å². The standard InChI is InChI=1S/C12H24N2O2/c1-10(2)5-8-16-11-4-7-14(9-11)12(15)3-6-13/h10-11H,3-9,13H2,1-2H3. The Morgan fingerprint density at radius 3 is 2.94 bits per heavy atom. The molecule has 0 aliphatic carbocycles. The van der Waals surface area contributed by atoms with E-state index in [2.05, 4.69) is 13.8 Å². The van der Waals surface area contributed by atoms with E-state index in [1.54, 1.807) is 0 Å². The largest absolute Gasteiger partial charge is 0.376 e. The van der Waals surface area contributed by atoms with Crippen molar-refractivity contribution in [3.63, 3.8) is 0 Å². The maximum Gasteiger partial charge on any atom is 0.223 e. The van der Waals surface area contributed by atoms with Crippen LogP contribution in [0.4, 0.5) is 0 Å². The molecule has 94 valence electrons. The van der Waals surface area contributed by atoms with Gasteiger partial charge in [-0.05, 0) is 18.8 Å².